The van der Waals surface area contributed by atoms with E-state index in [-0.39, 0.29) is 17.7 Å². The minimum absolute atomic E-state index is 0.0548. The van der Waals surface area contributed by atoms with Gasteiger partial charge in [-0.15, -0.1) is 11.8 Å². The number of aliphatic carboxylic acids is 1. The summed E-state index contributed by atoms with van der Waals surface area (Å²) >= 11 is 2.98. The summed E-state index contributed by atoms with van der Waals surface area (Å²) in [6, 6.07) is 8.18. The largest absolute Gasteiger partial charge is 0.484 e. The van der Waals surface area contributed by atoms with Crippen molar-refractivity contribution in [1.29, 1.82) is 0 Å². The highest BCUT2D eigenvalue weighted by atomic mass is 32.2. The minimum Gasteiger partial charge on any atom is -0.484 e. The van der Waals surface area contributed by atoms with Crippen molar-refractivity contribution in [2.45, 2.75) is 11.4 Å². The maximum atomic E-state index is 12.4. The van der Waals surface area contributed by atoms with Crippen molar-refractivity contribution >= 4 is 41.3 Å². The molecule has 0 radical (unpaired) electrons. The van der Waals surface area contributed by atoms with Gasteiger partial charge in [-0.2, -0.15) is 11.8 Å². The first kappa shape index (κ1) is 18.7. The van der Waals surface area contributed by atoms with Gasteiger partial charge in [-0.25, -0.2) is 4.79 Å². The number of nitrogens with zero attached hydrogens (tertiary/aromatic N) is 1. The number of carboxylic acid groups (broad SMARTS) is 1. The molecule has 0 aliphatic carbocycles. The van der Waals surface area contributed by atoms with E-state index in [1.54, 1.807) is 24.3 Å². The zero-order chi connectivity index (χ0) is 18.7. The summed E-state index contributed by atoms with van der Waals surface area (Å²) in [6.07, 6.45) is 1.89. The molecule has 138 valence electrons. The molecule has 2 amide bonds. The third kappa shape index (κ3) is 3.68. The number of amides is 2. The van der Waals surface area contributed by atoms with Gasteiger partial charge in [0.15, 0.2) is 6.61 Å². The van der Waals surface area contributed by atoms with E-state index in [0.29, 0.717) is 17.3 Å². The number of hydrogen-bond acceptors (Lipinski definition) is 6. The smallest absolute Gasteiger partial charge is 0.352 e. The number of carbonyl (C=O) groups excluding carboxylic acids is 2. The fourth-order valence-corrected chi connectivity index (χ4v) is 4.91. The summed E-state index contributed by atoms with van der Waals surface area (Å²) in [5, 5.41) is 11.7. The van der Waals surface area contributed by atoms with E-state index >= 15 is 0 Å². The topological polar surface area (TPSA) is 95.9 Å². The summed E-state index contributed by atoms with van der Waals surface area (Å²) in [4.78, 5) is 37.4. The molecule has 3 rings (SSSR count). The van der Waals surface area contributed by atoms with Gasteiger partial charge in [0.05, 0.1) is 0 Å². The Labute approximate surface area is 159 Å². The first-order chi connectivity index (χ1) is 12.5. The molecule has 2 atom stereocenters. The molecule has 0 bridgehead atoms. The number of para-hydroxylation sites is 1. The van der Waals surface area contributed by atoms with Crippen molar-refractivity contribution in [2.24, 2.45) is 0 Å². The quantitative estimate of drug-likeness (QED) is 0.670. The van der Waals surface area contributed by atoms with Gasteiger partial charge in [-0.05, 0) is 24.0 Å². The van der Waals surface area contributed by atoms with E-state index in [4.69, 9.17) is 4.74 Å². The second-order valence-corrected chi connectivity index (χ2v) is 7.72. The molecule has 1 fully saturated rings. The molecule has 1 aromatic carbocycles. The molecule has 26 heavy (non-hydrogen) atoms. The lowest BCUT2D eigenvalue weighted by molar-refractivity contribution is -0.150. The predicted octanol–water partition coefficient (Wildman–Crippen LogP) is 1.17. The van der Waals surface area contributed by atoms with Crippen molar-refractivity contribution in [3.63, 3.8) is 0 Å². The number of thioether (sulfide) groups is 2. The van der Waals surface area contributed by atoms with Gasteiger partial charge < -0.3 is 15.2 Å². The van der Waals surface area contributed by atoms with Gasteiger partial charge in [0.1, 0.15) is 22.9 Å². The van der Waals surface area contributed by atoms with Crippen LogP contribution in [0.5, 0.6) is 5.75 Å². The molecule has 0 aromatic heterocycles. The Morgan fingerprint density at radius 1 is 1.38 bits per heavy atom. The fraction of sp³-hybridized carbons (Fsp3) is 0.353. The summed E-state index contributed by atoms with van der Waals surface area (Å²) in [6.45, 7) is -0.204. The molecule has 7 nitrogen and oxygen atoms in total. The van der Waals surface area contributed by atoms with Crippen LogP contribution >= 0.6 is 23.5 Å². The highest BCUT2D eigenvalue weighted by Crippen LogP contribution is 2.40. The van der Waals surface area contributed by atoms with Crippen molar-refractivity contribution in [1.82, 2.24) is 10.2 Å². The molecule has 1 aromatic rings. The van der Waals surface area contributed by atoms with E-state index in [1.807, 2.05) is 12.3 Å². The maximum Gasteiger partial charge on any atom is 0.352 e. The van der Waals surface area contributed by atoms with Crippen LogP contribution in [0.1, 0.15) is 0 Å². The van der Waals surface area contributed by atoms with Crippen LogP contribution < -0.4 is 10.1 Å². The Morgan fingerprint density at radius 2 is 2.12 bits per heavy atom. The van der Waals surface area contributed by atoms with E-state index in [9.17, 15) is 19.5 Å². The summed E-state index contributed by atoms with van der Waals surface area (Å²) < 4.78 is 5.37. The summed E-state index contributed by atoms with van der Waals surface area (Å²) in [7, 11) is 0. The lowest BCUT2D eigenvalue weighted by atomic mass is 10.0. The van der Waals surface area contributed by atoms with E-state index in [0.717, 1.165) is 5.57 Å². The van der Waals surface area contributed by atoms with Crippen LogP contribution in [0.15, 0.2) is 41.6 Å². The predicted molar refractivity (Wildman–Crippen MR) is 100 cm³/mol. The molecular formula is C17H18N2O5S2. The Morgan fingerprint density at radius 3 is 2.77 bits per heavy atom. The second-order valence-electron chi connectivity index (χ2n) is 5.75. The molecular weight excluding hydrogens is 376 g/mol. The molecule has 2 heterocycles. The van der Waals surface area contributed by atoms with Gasteiger partial charge in [-0.3, -0.25) is 14.5 Å². The molecule has 9 heteroatoms. The molecule has 2 unspecified atom stereocenters. The number of benzene rings is 1. The van der Waals surface area contributed by atoms with Crippen LogP contribution in [-0.2, 0) is 14.4 Å². The van der Waals surface area contributed by atoms with Crippen LogP contribution in [0.3, 0.4) is 0 Å². The van der Waals surface area contributed by atoms with Crippen LogP contribution in [0.25, 0.3) is 0 Å². The number of rotatable bonds is 7. The molecule has 0 spiro atoms. The number of nitrogens with one attached hydrogen (secondary N) is 1. The first-order valence-corrected chi connectivity index (χ1v) is 10.3. The van der Waals surface area contributed by atoms with Gasteiger partial charge in [-0.1, -0.05) is 18.2 Å². The average Bonchev–Trinajstić information content (AvgIpc) is 2.65. The van der Waals surface area contributed by atoms with Gasteiger partial charge in [0.2, 0.25) is 0 Å². The zero-order valence-corrected chi connectivity index (χ0v) is 15.6. The third-order valence-electron chi connectivity index (χ3n) is 4.00. The van der Waals surface area contributed by atoms with Crippen LogP contribution in [0.2, 0.25) is 0 Å². The number of carbonyl (C=O) groups is 3. The maximum absolute atomic E-state index is 12.4. The number of hydrogen-bond donors (Lipinski definition) is 2. The Balaban J connectivity index is 1.61. The van der Waals surface area contributed by atoms with Crippen molar-refractivity contribution in [2.75, 3.05) is 24.4 Å². The molecule has 2 N–H and O–H groups in total. The minimum atomic E-state index is -1.11. The summed E-state index contributed by atoms with van der Waals surface area (Å²) in [5.74, 6) is -0.259. The standard InChI is InChI=1S/C17H18N2O5S2/c1-25-8-10-9-26-16-13(15(21)19(16)14(10)17(22)23)18-12(20)7-24-11-5-3-2-4-6-11/h2-6,13,16H,7-9H2,1H3,(H,18,20)(H,22,23). The van der Waals surface area contributed by atoms with Crippen LogP contribution in [0, 0.1) is 0 Å². The van der Waals surface area contributed by atoms with Gasteiger partial charge in [0, 0.05) is 11.5 Å². The highest BCUT2D eigenvalue weighted by Gasteiger charge is 2.54. The molecule has 1 saturated heterocycles. The highest BCUT2D eigenvalue weighted by molar-refractivity contribution is 8.00. The van der Waals surface area contributed by atoms with Crippen LogP contribution in [0.4, 0.5) is 0 Å². The fourth-order valence-electron chi connectivity index (χ4n) is 2.85. The summed E-state index contributed by atoms with van der Waals surface area (Å²) in [5.41, 5.74) is 0.788. The number of carboxylic acids is 1. The molecule has 2 aliphatic heterocycles. The number of β-lactam (4-membered cyclic amide) rings is 1. The van der Waals surface area contributed by atoms with Gasteiger partial charge in [0.25, 0.3) is 11.8 Å². The average molecular weight is 394 g/mol. The normalized spacial score (nSPS) is 21.7. The number of fused-ring (bicyclic) bond motifs is 1. The van der Waals surface area contributed by atoms with E-state index in [2.05, 4.69) is 5.32 Å². The first-order valence-electron chi connectivity index (χ1n) is 7.89. The van der Waals surface area contributed by atoms with Crippen molar-refractivity contribution < 1.29 is 24.2 Å². The molecule has 0 saturated carbocycles. The SMILES string of the molecule is CSCC1=C(C(=O)O)N2C(=O)C(NC(=O)COc3ccccc3)C2SC1. The Kier molecular flexibility index (Phi) is 5.77. The molecule has 2 aliphatic rings. The number of ether oxygens (including phenoxy) is 1. The second kappa shape index (κ2) is 8.05. The lowest BCUT2D eigenvalue weighted by Gasteiger charge is -2.49. The van der Waals surface area contributed by atoms with Gasteiger partial charge >= 0.3 is 5.97 Å². The van der Waals surface area contributed by atoms with Crippen molar-refractivity contribution in [3.8, 4) is 5.75 Å². The third-order valence-corrected chi connectivity index (χ3v) is 5.97. The van der Waals surface area contributed by atoms with E-state index < -0.39 is 23.8 Å². The van der Waals surface area contributed by atoms with E-state index in [1.165, 1.54) is 28.4 Å². The Hall–Kier alpha value is -2.13. The van der Waals surface area contributed by atoms with Crippen LogP contribution in [-0.4, -0.2) is 63.6 Å². The zero-order valence-electron chi connectivity index (χ0n) is 14.0. The van der Waals surface area contributed by atoms with Crippen molar-refractivity contribution in [3.05, 3.63) is 41.6 Å². The Bertz CT molecular complexity index is 753. The lowest BCUT2D eigenvalue weighted by Crippen LogP contribution is -2.70. The monoisotopic (exact) mass is 394 g/mol.